The highest BCUT2D eigenvalue weighted by Gasteiger charge is 2.07. The molecule has 0 aliphatic rings. The molecule has 0 spiro atoms. The number of amides is 1. The number of carbonyl (C=O) groups excluding carboxylic acids is 1. The molecule has 0 aliphatic heterocycles. The largest absolute Gasteiger partial charge is 0.495 e. The van der Waals surface area contributed by atoms with Gasteiger partial charge in [0.15, 0.2) is 0 Å². The minimum Gasteiger partial charge on any atom is -0.495 e. The van der Waals surface area contributed by atoms with Crippen molar-refractivity contribution >= 4 is 39.9 Å². The smallest absolute Gasteiger partial charge is 0.255 e. The highest BCUT2D eigenvalue weighted by Crippen LogP contribution is 2.25. The van der Waals surface area contributed by atoms with Gasteiger partial charge < -0.3 is 15.8 Å². The first-order chi connectivity index (χ1) is 9.10. The zero-order chi connectivity index (χ0) is 13.8. The Balaban J connectivity index is 2.17. The summed E-state index contributed by atoms with van der Waals surface area (Å²) in [7, 11) is 1.54. The molecule has 0 aromatic heterocycles. The normalized spacial score (nSPS) is 10.0. The van der Waals surface area contributed by atoms with Crippen molar-refractivity contribution < 1.29 is 9.53 Å². The van der Waals surface area contributed by atoms with Crippen LogP contribution in [-0.4, -0.2) is 13.0 Å². The molecule has 2 aromatic rings. The number of hydrogen-bond acceptors (Lipinski definition) is 3. The van der Waals surface area contributed by atoms with Crippen molar-refractivity contribution in [2.45, 2.75) is 0 Å². The van der Waals surface area contributed by atoms with Crippen LogP contribution in [-0.2, 0) is 0 Å². The minimum atomic E-state index is -0.164. The molecule has 0 radical (unpaired) electrons. The van der Waals surface area contributed by atoms with Gasteiger partial charge in [0.2, 0.25) is 0 Å². The molecule has 2 aromatic carbocycles. The quantitative estimate of drug-likeness (QED) is 0.646. The van der Waals surface area contributed by atoms with E-state index in [4.69, 9.17) is 10.5 Å². The number of nitrogen functional groups attached to an aromatic ring is 1. The fraction of sp³-hybridized carbons (Fsp3) is 0.0714. The van der Waals surface area contributed by atoms with Crippen LogP contribution < -0.4 is 15.8 Å². The summed E-state index contributed by atoms with van der Waals surface area (Å²) in [6.07, 6.45) is 0. The van der Waals surface area contributed by atoms with Crippen molar-refractivity contribution in [1.29, 1.82) is 0 Å². The van der Waals surface area contributed by atoms with Crippen molar-refractivity contribution in [3.05, 3.63) is 51.6 Å². The van der Waals surface area contributed by atoms with Crippen LogP contribution in [0.25, 0.3) is 0 Å². The van der Waals surface area contributed by atoms with Gasteiger partial charge in [0, 0.05) is 20.9 Å². The molecule has 0 saturated heterocycles. The van der Waals surface area contributed by atoms with Crippen LogP contribution in [0.3, 0.4) is 0 Å². The second-order valence-electron chi connectivity index (χ2n) is 3.92. The SMILES string of the molecule is COc1cc(NC(=O)c2ccc(I)cc2)ccc1N. The number of anilines is 2. The predicted molar refractivity (Wildman–Crippen MR) is 84.5 cm³/mol. The van der Waals surface area contributed by atoms with Gasteiger partial charge in [-0.3, -0.25) is 4.79 Å². The second kappa shape index (κ2) is 5.92. The minimum absolute atomic E-state index is 0.164. The average molecular weight is 368 g/mol. The highest BCUT2D eigenvalue weighted by atomic mass is 127. The molecule has 0 aliphatic carbocycles. The fourth-order valence-corrected chi connectivity index (χ4v) is 1.95. The van der Waals surface area contributed by atoms with Crippen LogP contribution >= 0.6 is 22.6 Å². The number of methoxy groups -OCH3 is 1. The van der Waals surface area contributed by atoms with Gasteiger partial charge in [-0.25, -0.2) is 0 Å². The zero-order valence-electron chi connectivity index (χ0n) is 10.3. The molecule has 3 N–H and O–H groups in total. The third kappa shape index (κ3) is 3.37. The first-order valence-corrected chi connectivity index (χ1v) is 6.68. The van der Waals surface area contributed by atoms with E-state index >= 15 is 0 Å². The number of nitrogens with one attached hydrogen (secondary N) is 1. The molecule has 0 heterocycles. The van der Waals surface area contributed by atoms with Gasteiger partial charge in [-0.1, -0.05) is 0 Å². The lowest BCUT2D eigenvalue weighted by atomic mass is 10.2. The van der Waals surface area contributed by atoms with Crippen LogP contribution in [0.5, 0.6) is 5.75 Å². The molecule has 19 heavy (non-hydrogen) atoms. The van der Waals surface area contributed by atoms with E-state index in [1.165, 1.54) is 7.11 Å². The molecule has 2 rings (SSSR count). The molecule has 0 fully saturated rings. The van der Waals surface area contributed by atoms with Crippen LogP contribution in [0.1, 0.15) is 10.4 Å². The van der Waals surface area contributed by atoms with Crippen molar-refractivity contribution in [2.24, 2.45) is 0 Å². The summed E-state index contributed by atoms with van der Waals surface area (Å²) in [4.78, 5) is 12.0. The van der Waals surface area contributed by atoms with Gasteiger partial charge in [-0.2, -0.15) is 0 Å². The van der Waals surface area contributed by atoms with Crippen molar-refractivity contribution in [3.63, 3.8) is 0 Å². The zero-order valence-corrected chi connectivity index (χ0v) is 12.5. The Morgan fingerprint density at radius 3 is 2.53 bits per heavy atom. The monoisotopic (exact) mass is 368 g/mol. The summed E-state index contributed by atoms with van der Waals surface area (Å²) in [5, 5.41) is 2.80. The van der Waals surface area contributed by atoms with E-state index in [1.807, 2.05) is 12.1 Å². The number of carbonyl (C=O) groups is 1. The molecule has 4 nitrogen and oxygen atoms in total. The molecular weight excluding hydrogens is 355 g/mol. The Hall–Kier alpha value is -1.76. The Morgan fingerprint density at radius 1 is 1.21 bits per heavy atom. The number of halogens is 1. The number of ether oxygens (including phenoxy) is 1. The molecule has 5 heteroatoms. The van der Waals surface area contributed by atoms with Gasteiger partial charge in [0.25, 0.3) is 5.91 Å². The summed E-state index contributed by atoms with van der Waals surface area (Å²) in [5.41, 5.74) is 7.51. The van der Waals surface area contributed by atoms with E-state index in [1.54, 1.807) is 30.3 Å². The molecule has 1 amide bonds. The van der Waals surface area contributed by atoms with E-state index < -0.39 is 0 Å². The lowest BCUT2D eigenvalue weighted by Gasteiger charge is -2.09. The van der Waals surface area contributed by atoms with E-state index in [0.29, 0.717) is 22.7 Å². The maximum Gasteiger partial charge on any atom is 0.255 e. The topological polar surface area (TPSA) is 64.3 Å². The van der Waals surface area contributed by atoms with Crippen LogP contribution in [0.4, 0.5) is 11.4 Å². The average Bonchev–Trinajstić information content (AvgIpc) is 2.41. The predicted octanol–water partition coefficient (Wildman–Crippen LogP) is 3.13. The van der Waals surface area contributed by atoms with Crippen molar-refractivity contribution in [1.82, 2.24) is 0 Å². The molecular formula is C14H13IN2O2. The van der Waals surface area contributed by atoms with E-state index in [-0.39, 0.29) is 5.91 Å². The maximum atomic E-state index is 12.0. The van der Waals surface area contributed by atoms with Crippen LogP contribution in [0.15, 0.2) is 42.5 Å². The summed E-state index contributed by atoms with van der Waals surface area (Å²) in [5.74, 6) is 0.378. The van der Waals surface area contributed by atoms with Gasteiger partial charge in [-0.15, -0.1) is 0 Å². The third-order valence-electron chi connectivity index (χ3n) is 2.60. The molecule has 0 saturated carbocycles. The maximum absolute atomic E-state index is 12.0. The summed E-state index contributed by atoms with van der Waals surface area (Å²) < 4.78 is 6.20. The molecule has 98 valence electrons. The lowest BCUT2D eigenvalue weighted by molar-refractivity contribution is 0.102. The lowest BCUT2D eigenvalue weighted by Crippen LogP contribution is -2.12. The van der Waals surface area contributed by atoms with Crippen LogP contribution in [0, 0.1) is 3.57 Å². The number of rotatable bonds is 3. The third-order valence-corrected chi connectivity index (χ3v) is 3.32. The Bertz CT molecular complexity index is 597. The Kier molecular flexibility index (Phi) is 4.26. The van der Waals surface area contributed by atoms with Gasteiger partial charge >= 0.3 is 0 Å². The standard InChI is InChI=1S/C14H13IN2O2/c1-19-13-8-11(6-7-12(13)16)17-14(18)9-2-4-10(15)5-3-9/h2-8H,16H2,1H3,(H,17,18). The second-order valence-corrected chi connectivity index (χ2v) is 5.16. The van der Waals surface area contributed by atoms with E-state index in [9.17, 15) is 4.79 Å². The number of nitrogens with two attached hydrogens (primary N) is 1. The summed E-state index contributed by atoms with van der Waals surface area (Å²) >= 11 is 2.19. The van der Waals surface area contributed by atoms with Crippen molar-refractivity contribution in [2.75, 3.05) is 18.2 Å². The molecule has 0 unspecified atom stereocenters. The van der Waals surface area contributed by atoms with Crippen LogP contribution in [0.2, 0.25) is 0 Å². The summed E-state index contributed by atoms with van der Waals surface area (Å²) in [6, 6.07) is 12.5. The highest BCUT2D eigenvalue weighted by molar-refractivity contribution is 14.1. The molecule has 0 bridgehead atoms. The Labute approximate surface area is 125 Å². The first kappa shape index (κ1) is 13.7. The van der Waals surface area contributed by atoms with Gasteiger partial charge in [-0.05, 0) is 59.0 Å². The fourth-order valence-electron chi connectivity index (χ4n) is 1.59. The first-order valence-electron chi connectivity index (χ1n) is 5.60. The summed E-state index contributed by atoms with van der Waals surface area (Å²) in [6.45, 7) is 0. The number of hydrogen-bond donors (Lipinski definition) is 2. The Morgan fingerprint density at radius 2 is 1.89 bits per heavy atom. The molecule has 0 atom stereocenters. The van der Waals surface area contributed by atoms with Gasteiger partial charge in [0.1, 0.15) is 5.75 Å². The number of benzene rings is 2. The van der Waals surface area contributed by atoms with Gasteiger partial charge in [0.05, 0.1) is 12.8 Å². The van der Waals surface area contributed by atoms with E-state index in [0.717, 1.165) is 3.57 Å². The van der Waals surface area contributed by atoms with E-state index in [2.05, 4.69) is 27.9 Å². The van der Waals surface area contributed by atoms with Crippen molar-refractivity contribution in [3.8, 4) is 5.75 Å².